The van der Waals surface area contributed by atoms with Gasteiger partial charge < -0.3 is 9.05 Å². The zero-order valence-electron chi connectivity index (χ0n) is 7.69. The number of rotatable bonds is 2. The fourth-order valence-electron chi connectivity index (χ4n) is 0.968. The molecule has 0 saturated carbocycles. The molecule has 2 rings (SSSR count). The summed E-state index contributed by atoms with van der Waals surface area (Å²) < 4.78 is 9.84. The van der Waals surface area contributed by atoms with E-state index in [0.29, 0.717) is 23.2 Å². The Bertz CT molecular complexity index is 435. The van der Waals surface area contributed by atoms with Gasteiger partial charge in [0.05, 0.1) is 5.38 Å². The third-order valence-corrected chi connectivity index (χ3v) is 1.84. The van der Waals surface area contributed by atoms with Crippen molar-refractivity contribution in [2.75, 3.05) is 0 Å². The minimum atomic E-state index is -0.277. The van der Waals surface area contributed by atoms with Crippen molar-refractivity contribution >= 4 is 11.6 Å². The molecule has 0 N–H and O–H groups in total. The molecule has 74 valence electrons. The van der Waals surface area contributed by atoms with Crippen LogP contribution in [0.5, 0.6) is 0 Å². The number of aromatic nitrogens is 3. The number of nitrogens with zero attached hydrogens (tertiary/aromatic N) is 3. The standard InChI is InChI=1S/C8H8ClN3O2/c1-4-3-6(11-13-4)8-10-7(5(2)9)12-14-8/h3,5H,1-2H3. The molecule has 0 radical (unpaired) electrons. The highest BCUT2D eigenvalue weighted by atomic mass is 35.5. The molecular weight excluding hydrogens is 206 g/mol. The number of hydrogen-bond acceptors (Lipinski definition) is 5. The first kappa shape index (κ1) is 9.21. The second kappa shape index (κ2) is 3.42. The van der Waals surface area contributed by atoms with Gasteiger partial charge in [0.1, 0.15) is 5.76 Å². The fraction of sp³-hybridized carbons (Fsp3) is 0.375. The van der Waals surface area contributed by atoms with Crippen molar-refractivity contribution in [2.45, 2.75) is 19.2 Å². The Morgan fingerprint density at radius 3 is 2.64 bits per heavy atom. The van der Waals surface area contributed by atoms with Crippen LogP contribution in [0.4, 0.5) is 0 Å². The molecule has 14 heavy (non-hydrogen) atoms. The van der Waals surface area contributed by atoms with Gasteiger partial charge in [-0.15, -0.1) is 11.6 Å². The Balaban J connectivity index is 2.33. The lowest BCUT2D eigenvalue weighted by atomic mass is 10.4. The summed E-state index contributed by atoms with van der Waals surface area (Å²) in [6.45, 7) is 3.56. The fourth-order valence-corrected chi connectivity index (χ4v) is 1.06. The van der Waals surface area contributed by atoms with Crippen LogP contribution in [-0.2, 0) is 0 Å². The third kappa shape index (κ3) is 1.63. The first-order chi connectivity index (χ1) is 6.66. The summed E-state index contributed by atoms with van der Waals surface area (Å²) in [5, 5.41) is 7.17. The highest BCUT2D eigenvalue weighted by molar-refractivity contribution is 6.20. The van der Waals surface area contributed by atoms with E-state index in [2.05, 4.69) is 15.3 Å². The monoisotopic (exact) mass is 213 g/mol. The van der Waals surface area contributed by atoms with E-state index < -0.39 is 0 Å². The molecule has 0 aliphatic rings. The van der Waals surface area contributed by atoms with Crippen LogP contribution in [0.2, 0.25) is 0 Å². The van der Waals surface area contributed by atoms with Crippen LogP contribution >= 0.6 is 11.6 Å². The van der Waals surface area contributed by atoms with Gasteiger partial charge in [-0.25, -0.2) is 0 Å². The van der Waals surface area contributed by atoms with Crippen molar-refractivity contribution in [3.05, 3.63) is 17.7 Å². The zero-order valence-corrected chi connectivity index (χ0v) is 8.45. The molecule has 0 saturated heterocycles. The Morgan fingerprint density at radius 1 is 1.36 bits per heavy atom. The van der Waals surface area contributed by atoms with Gasteiger partial charge in [0.2, 0.25) is 0 Å². The first-order valence-electron chi connectivity index (χ1n) is 4.08. The Hall–Kier alpha value is -1.36. The number of hydrogen-bond donors (Lipinski definition) is 0. The van der Waals surface area contributed by atoms with Crippen LogP contribution in [-0.4, -0.2) is 15.3 Å². The molecule has 5 nitrogen and oxygen atoms in total. The van der Waals surface area contributed by atoms with Gasteiger partial charge >= 0.3 is 0 Å². The average Bonchev–Trinajstić information content (AvgIpc) is 2.70. The highest BCUT2D eigenvalue weighted by Crippen LogP contribution is 2.21. The Kier molecular flexibility index (Phi) is 2.25. The molecule has 0 spiro atoms. The van der Waals surface area contributed by atoms with E-state index in [1.807, 2.05) is 0 Å². The molecule has 0 aromatic carbocycles. The van der Waals surface area contributed by atoms with Gasteiger partial charge in [0.15, 0.2) is 11.5 Å². The zero-order chi connectivity index (χ0) is 10.1. The van der Waals surface area contributed by atoms with E-state index in [0.717, 1.165) is 0 Å². The van der Waals surface area contributed by atoms with Gasteiger partial charge in [-0.2, -0.15) is 4.98 Å². The highest BCUT2D eigenvalue weighted by Gasteiger charge is 2.15. The Labute approximate surface area is 85.0 Å². The smallest absolute Gasteiger partial charge is 0.280 e. The van der Waals surface area contributed by atoms with Crippen molar-refractivity contribution in [3.8, 4) is 11.6 Å². The van der Waals surface area contributed by atoms with E-state index in [1.165, 1.54) is 0 Å². The maximum absolute atomic E-state index is 5.78. The maximum atomic E-state index is 5.78. The van der Waals surface area contributed by atoms with Crippen LogP contribution in [0.25, 0.3) is 11.6 Å². The molecule has 2 aromatic rings. The van der Waals surface area contributed by atoms with Gasteiger partial charge in [-0.3, -0.25) is 0 Å². The molecule has 0 fully saturated rings. The second-order valence-electron chi connectivity index (χ2n) is 2.90. The summed E-state index contributed by atoms with van der Waals surface area (Å²) in [6.07, 6.45) is 0. The van der Waals surface area contributed by atoms with Crippen LogP contribution in [0, 0.1) is 6.92 Å². The van der Waals surface area contributed by atoms with Crippen molar-refractivity contribution < 1.29 is 9.05 Å². The SMILES string of the molecule is Cc1cc(-c2nc(C(C)Cl)no2)no1. The van der Waals surface area contributed by atoms with Crippen molar-refractivity contribution in [2.24, 2.45) is 0 Å². The number of halogens is 1. The molecular formula is C8H8ClN3O2. The molecule has 0 amide bonds. The number of alkyl halides is 1. The second-order valence-corrected chi connectivity index (χ2v) is 3.55. The molecule has 0 aliphatic heterocycles. The third-order valence-electron chi connectivity index (χ3n) is 1.64. The Morgan fingerprint density at radius 2 is 2.14 bits per heavy atom. The largest absolute Gasteiger partial charge is 0.361 e. The topological polar surface area (TPSA) is 65.0 Å². The van der Waals surface area contributed by atoms with Gasteiger partial charge in [-0.05, 0) is 13.8 Å². The molecule has 6 heteroatoms. The molecule has 1 unspecified atom stereocenters. The predicted molar refractivity (Wildman–Crippen MR) is 48.8 cm³/mol. The average molecular weight is 214 g/mol. The number of aryl methyl sites for hydroxylation is 1. The summed E-state index contributed by atoms with van der Waals surface area (Å²) in [4.78, 5) is 4.06. The molecule has 2 heterocycles. The van der Waals surface area contributed by atoms with Gasteiger partial charge in [-0.1, -0.05) is 10.3 Å². The van der Waals surface area contributed by atoms with E-state index in [9.17, 15) is 0 Å². The summed E-state index contributed by atoms with van der Waals surface area (Å²) in [7, 11) is 0. The van der Waals surface area contributed by atoms with E-state index in [4.69, 9.17) is 20.6 Å². The summed E-state index contributed by atoms with van der Waals surface area (Å²) >= 11 is 5.78. The van der Waals surface area contributed by atoms with Crippen LogP contribution in [0.1, 0.15) is 23.9 Å². The van der Waals surface area contributed by atoms with Crippen molar-refractivity contribution in [1.29, 1.82) is 0 Å². The van der Waals surface area contributed by atoms with Crippen LogP contribution in [0.3, 0.4) is 0 Å². The molecule has 2 aromatic heterocycles. The lowest BCUT2D eigenvalue weighted by molar-refractivity contribution is 0.388. The normalized spacial score (nSPS) is 13.1. The first-order valence-corrected chi connectivity index (χ1v) is 4.52. The van der Waals surface area contributed by atoms with Crippen LogP contribution in [0.15, 0.2) is 15.1 Å². The van der Waals surface area contributed by atoms with Gasteiger partial charge in [0, 0.05) is 6.07 Å². The van der Waals surface area contributed by atoms with Crippen molar-refractivity contribution in [3.63, 3.8) is 0 Å². The van der Waals surface area contributed by atoms with E-state index in [1.54, 1.807) is 19.9 Å². The molecule has 0 bridgehead atoms. The quantitative estimate of drug-likeness (QED) is 0.717. The van der Waals surface area contributed by atoms with Gasteiger partial charge in [0.25, 0.3) is 5.89 Å². The minimum Gasteiger partial charge on any atom is -0.361 e. The summed E-state index contributed by atoms with van der Waals surface area (Å²) in [6, 6.07) is 1.72. The summed E-state index contributed by atoms with van der Waals surface area (Å²) in [5.41, 5.74) is 0.526. The molecule has 0 aliphatic carbocycles. The molecule has 1 atom stereocenters. The minimum absolute atomic E-state index is 0.277. The lowest BCUT2D eigenvalue weighted by Crippen LogP contribution is -1.86. The maximum Gasteiger partial charge on any atom is 0.280 e. The lowest BCUT2D eigenvalue weighted by Gasteiger charge is -1.88. The van der Waals surface area contributed by atoms with Crippen molar-refractivity contribution in [1.82, 2.24) is 15.3 Å². The van der Waals surface area contributed by atoms with E-state index in [-0.39, 0.29) is 5.38 Å². The summed E-state index contributed by atoms with van der Waals surface area (Å²) in [5.74, 6) is 1.46. The van der Waals surface area contributed by atoms with Crippen LogP contribution < -0.4 is 0 Å². The van der Waals surface area contributed by atoms with E-state index >= 15 is 0 Å². The predicted octanol–water partition coefficient (Wildman–Crippen LogP) is 2.33.